The predicted octanol–water partition coefficient (Wildman–Crippen LogP) is 2.35. The van der Waals surface area contributed by atoms with E-state index < -0.39 is 5.66 Å². The molecule has 4 heteroatoms. The Kier molecular flexibility index (Phi) is 2.15. The molecular formula is C17H14N2O2. The predicted molar refractivity (Wildman–Crippen MR) is 81.1 cm³/mol. The number of likely N-dealkylation sites (N-methyl/N-ethyl adjacent to an activating group) is 2. The van der Waals surface area contributed by atoms with Crippen molar-refractivity contribution in [3.63, 3.8) is 0 Å². The molecule has 0 fully saturated rings. The third kappa shape index (κ3) is 1.17. The van der Waals surface area contributed by atoms with Gasteiger partial charge in [0.2, 0.25) is 17.2 Å². The molecule has 1 heterocycles. The van der Waals surface area contributed by atoms with Crippen LogP contribution in [0.5, 0.6) is 0 Å². The standard InChI is InChI=1S/C17H14N2O2/c1-18-13-9-5-6-10-14(13)19(2)17(18)15(20)11-7-3-4-8-12(11)16(17)21/h3-10H,1-2H3. The monoisotopic (exact) mass is 278 g/mol. The summed E-state index contributed by atoms with van der Waals surface area (Å²) in [5, 5.41) is 0. The van der Waals surface area contributed by atoms with Crippen molar-refractivity contribution in [2.45, 2.75) is 5.66 Å². The Hall–Kier alpha value is -2.62. The van der Waals surface area contributed by atoms with Gasteiger partial charge in [-0.2, -0.15) is 0 Å². The first kappa shape index (κ1) is 12.1. The van der Waals surface area contributed by atoms with Gasteiger partial charge in [0.25, 0.3) is 0 Å². The number of hydrogen-bond acceptors (Lipinski definition) is 4. The third-order valence-corrected chi connectivity index (χ3v) is 4.62. The van der Waals surface area contributed by atoms with E-state index in [0.717, 1.165) is 11.4 Å². The molecule has 0 saturated heterocycles. The molecule has 0 radical (unpaired) electrons. The highest BCUT2D eigenvalue weighted by molar-refractivity contribution is 6.37. The summed E-state index contributed by atoms with van der Waals surface area (Å²) in [4.78, 5) is 29.6. The van der Waals surface area contributed by atoms with E-state index in [1.807, 2.05) is 38.4 Å². The summed E-state index contributed by atoms with van der Waals surface area (Å²) in [6, 6.07) is 14.8. The summed E-state index contributed by atoms with van der Waals surface area (Å²) >= 11 is 0. The highest BCUT2D eigenvalue weighted by Gasteiger charge is 2.62. The number of Topliss-reactive ketones (excluding diaryl/α,β-unsaturated/α-hetero) is 2. The molecule has 4 nitrogen and oxygen atoms in total. The van der Waals surface area contributed by atoms with Gasteiger partial charge in [-0.15, -0.1) is 0 Å². The van der Waals surface area contributed by atoms with Crippen molar-refractivity contribution in [3.05, 3.63) is 59.7 Å². The van der Waals surface area contributed by atoms with Crippen LogP contribution in [0.4, 0.5) is 11.4 Å². The van der Waals surface area contributed by atoms with Crippen LogP contribution < -0.4 is 9.80 Å². The van der Waals surface area contributed by atoms with Crippen molar-refractivity contribution >= 4 is 22.9 Å². The summed E-state index contributed by atoms with van der Waals surface area (Å²) in [7, 11) is 3.62. The van der Waals surface area contributed by atoms with E-state index in [9.17, 15) is 9.59 Å². The third-order valence-electron chi connectivity index (χ3n) is 4.62. The minimum Gasteiger partial charge on any atom is -0.337 e. The van der Waals surface area contributed by atoms with Crippen molar-refractivity contribution < 1.29 is 9.59 Å². The van der Waals surface area contributed by atoms with E-state index in [4.69, 9.17) is 0 Å². The molecule has 1 aliphatic carbocycles. The highest BCUT2D eigenvalue weighted by Crippen LogP contribution is 2.48. The number of para-hydroxylation sites is 2. The quantitative estimate of drug-likeness (QED) is 0.694. The second kappa shape index (κ2) is 3.73. The van der Waals surface area contributed by atoms with Crippen molar-refractivity contribution in [2.75, 3.05) is 23.9 Å². The second-order valence-electron chi connectivity index (χ2n) is 5.48. The lowest BCUT2D eigenvalue weighted by molar-refractivity contribution is 0.0804. The second-order valence-corrected chi connectivity index (χ2v) is 5.48. The molecule has 21 heavy (non-hydrogen) atoms. The molecule has 0 aromatic heterocycles. The average Bonchev–Trinajstić information content (AvgIpc) is 2.89. The van der Waals surface area contributed by atoms with Gasteiger partial charge in [-0.05, 0) is 12.1 Å². The van der Waals surface area contributed by atoms with Crippen molar-refractivity contribution in [1.29, 1.82) is 0 Å². The van der Waals surface area contributed by atoms with Gasteiger partial charge in [0.15, 0.2) is 0 Å². The molecule has 0 atom stereocenters. The number of ketones is 2. The number of rotatable bonds is 0. The number of nitrogens with zero attached hydrogens (tertiary/aromatic N) is 2. The average molecular weight is 278 g/mol. The van der Waals surface area contributed by atoms with Gasteiger partial charge in [0, 0.05) is 25.2 Å². The zero-order valence-corrected chi connectivity index (χ0v) is 11.8. The van der Waals surface area contributed by atoms with Crippen LogP contribution in [-0.2, 0) is 0 Å². The number of anilines is 2. The fourth-order valence-corrected chi connectivity index (χ4v) is 3.57. The van der Waals surface area contributed by atoms with E-state index >= 15 is 0 Å². The summed E-state index contributed by atoms with van der Waals surface area (Å²) < 4.78 is 0. The van der Waals surface area contributed by atoms with Crippen LogP contribution in [-0.4, -0.2) is 31.3 Å². The van der Waals surface area contributed by atoms with Crippen molar-refractivity contribution in [3.8, 4) is 0 Å². The van der Waals surface area contributed by atoms with Gasteiger partial charge < -0.3 is 9.80 Å². The Morgan fingerprint density at radius 1 is 0.714 bits per heavy atom. The Morgan fingerprint density at radius 3 is 1.52 bits per heavy atom. The van der Waals surface area contributed by atoms with Gasteiger partial charge in [0.1, 0.15) is 0 Å². The molecule has 0 bridgehead atoms. The summed E-state index contributed by atoms with van der Waals surface area (Å²) in [5.41, 5.74) is 1.54. The van der Waals surface area contributed by atoms with Gasteiger partial charge in [-0.1, -0.05) is 36.4 Å². The topological polar surface area (TPSA) is 40.6 Å². The molecule has 0 unspecified atom stereocenters. The minimum atomic E-state index is -1.27. The first-order valence-corrected chi connectivity index (χ1v) is 6.85. The Morgan fingerprint density at radius 2 is 1.10 bits per heavy atom. The van der Waals surface area contributed by atoms with Gasteiger partial charge in [-0.3, -0.25) is 9.59 Å². The van der Waals surface area contributed by atoms with E-state index in [2.05, 4.69) is 0 Å². The first-order valence-electron chi connectivity index (χ1n) is 6.85. The molecule has 0 saturated carbocycles. The summed E-state index contributed by atoms with van der Waals surface area (Å²) in [6.45, 7) is 0. The zero-order valence-electron chi connectivity index (χ0n) is 11.8. The van der Waals surface area contributed by atoms with Crippen LogP contribution in [0, 0.1) is 0 Å². The van der Waals surface area contributed by atoms with Gasteiger partial charge >= 0.3 is 0 Å². The maximum Gasteiger partial charge on any atom is 0.243 e. The Bertz CT molecular complexity index is 731. The molecule has 0 N–H and O–H groups in total. The molecule has 1 spiro atoms. The lowest BCUT2D eigenvalue weighted by atomic mass is 10.0. The SMILES string of the molecule is CN1c2ccccc2N(C)C12C(=O)c1ccccc1C2=O. The molecule has 1 aliphatic heterocycles. The molecule has 0 amide bonds. The van der Waals surface area contributed by atoms with E-state index in [0.29, 0.717) is 11.1 Å². The van der Waals surface area contributed by atoms with E-state index in [-0.39, 0.29) is 11.6 Å². The molecule has 2 aromatic rings. The fourth-order valence-electron chi connectivity index (χ4n) is 3.57. The maximum atomic E-state index is 13.0. The number of benzene rings is 2. The molecule has 104 valence electrons. The Balaban J connectivity index is 2.00. The maximum absolute atomic E-state index is 13.0. The fraction of sp³-hybridized carbons (Fsp3) is 0.176. The normalized spacial score (nSPS) is 18.4. The van der Waals surface area contributed by atoms with Gasteiger partial charge in [0.05, 0.1) is 11.4 Å². The smallest absolute Gasteiger partial charge is 0.243 e. The van der Waals surface area contributed by atoms with Gasteiger partial charge in [-0.25, -0.2) is 0 Å². The Labute approximate surface area is 122 Å². The summed E-state index contributed by atoms with van der Waals surface area (Å²) in [6.07, 6.45) is 0. The summed E-state index contributed by atoms with van der Waals surface area (Å²) in [5.74, 6) is -0.298. The largest absolute Gasteiger partial charge is 0.337 e. The lowest BCUT2D eigenvalue weighted by Gasteiger charge is -2.36. The molecule has 2 aromatic carbocycles. The van der Waals surface area contributed by atoms with Crippen LogP contribution in [0.15, 0.2) is 48.5 Å². The lowest BCUT2D eigenvalue weighted by Crippen LogP contribution is -2.62. The molecule has 4 rings (SSSR count). The number of hydrogen-bond donors (Lipinski definition) is 0. The van der Waals surface area contributed by atoms with Crippen LogP contribution in [0.3, 0.4) is 0 Å². The highest BCUT2D eigenvalue weighted by atomic mass is 16.2. The van der Waals surface area contributed by atoms with Crippen LogP contribution in [0.2, 0.25) is 0 Å². The van der Waals surface area contributed by atoms with Crippen LogP contribution in [0.25, 0.3) is 0 Å². The molecular weight excluding hydrogens is 264 g/mol. The van der Waals surface area contributed by atoms with Crippen LogP contribution in [0.1, 0.15) is 20.7 Å². The van der Waals surface area contributed by atoms with Crippen LogP contribution >= 0.6 is 0 Å². The number of carbonyl (C=O) groups is 2. The number of carbonyl (C=O) groups excluding carboxylic acids is 2. The minimum absolute atomic E-state index is 0.149. The first-order chi connectivity index (χ1) is 10.1. The van der Waals surface area contributed by atoms with Crippen molar-refractivity contribution in [1.82, 2.24) is 0 Å². The van der Waals surface area contributed by atoms with Crippen molar-refractivity contribution in [2.24, 2.45) is 0 Å². The van der Waals surface area contributed by atoms with E-state index in [1.54, 1.807) is 34.1 Å². The molecule has 2 aliphatic rings. The van der Waals surface area contributed by atoms with E-state index in [1.165, 1.54) is 0 Å². The number of fused-ring (bicyclic) bond motifs is 2. The zero-order chi connectivity index (χ0) is 14.8.